The molecule has 0 aliphatic heterocycles. The molecule has 94 valence electrons. The van der Waals surface area contributed by atoms with Gasteiger partial charge >= 0.3 is 5.97 Å². The predicted octanol–water partition coefficient (Wildman–Crippen LogP) is 0.555. The zero-order valence-electron chi connectivity index (χ0n) is 10.5. The Morgan fingerprint density at radius 2 is 1.81 bits per heavy atom. The maximum absolute atomic E-state index is 11.5. The van der Waals surface area contributed by atoms with Crippen LogP contribution in [0.5, 0.6) is 0 Å². The number of carbonyl (C=O) groups is 2. The number of nitrogens with zero attached hydrogens (tertiary/aromatic N) is 1. The molecule has 5 nitrogen and oxygen atoms in total. The molecular formula is C11H22N2O3. The maximum Gasteiger partial charge on any atom is 0.318 e. The smallest absolute Gasteiger partial charge is 0.318 e. The average Bonchev–Trinajstić information content (AvgIpc) is 2.16. The number of amides is 1. The quantitative estimate of drug-likeness (QED) is 0.495. The Balaban J connectivity index is 3.78. The van der Waals surface area contributed by atoms with Gasteiger partial charge in [0.1, 0.15) is 5.41 Å². The number of nitrogens with one attached hydrogen (secondary N) is 1. The normalized spacial score (nSPS) is 11.6. The van der Waals surface area contributed by atoms with Crippen molar-refractivity contribution >= 4 is 11.9 Å². The number of carboxylic acid groups (broad SMARTS) is 1. The molecule has 1 amide bonds. The van der Waals surface area contributed by atoms with Gasteiger partial charge in [0.2, 0.25) is 5.91 Å². The Bertz CT molecular complexity index is 250. The third-order valence-corrected chi connectivity index (χ3v) is 2.42. The van der Waals surface area contributed by atoms with Gasteiger partial charge in [-0.05, 0) is 47.3 Å². The van der Waals surface area contributed by atoms with Crippen LogP contribution in [0.2, 0.25) is 0 Å². The Kier molecular flexibility index (Phi) is 6.03. The molecule has 0 rings (SSSR count). The molecule has 0 atom stereocenters. The molecule has 0 aromatic heterocycles. The molecule has 16 heavy (non-hydrogen) atoms. The van der Waals surface area contributed by atoms with Gasteiger partial charge in [-0.25, -0.2) is 0 Å². The lowest BCUT2D eigenvalue weighted by atomic mass is 9.93. The summed E-state index contributed by atoms with van der Waals surface area (Å²) in [6, 6.07) is 0. The minimum Gasteiger partial charge on any atom is -0.480 e. The summed E-state index contributed by atoms with van der Waals surface area (Å²) < 4.78 is 0. The first-order valence-electron chi connectivity index (χ1n) is 5.45. The highest BCUT2D eigenvalue weighted by Crippen LogP contribution is 2.14. The van der Waals surface area contributed by atoms with Crippen molar-refractivity contribution in [3.63, 3.8) is 0 Å². The summed E-state index contributed by atoms with van der Waals surface area (Å²) in [6.45, 7) is 4.32. The van der Waals surface area contributed by atoms with Gasteiger partial charge in [0, 0.05) is 6.54 Å². The Hall–Kier alpha value is -1.10. The summed E-state index contributed by atoms with van der Waals surface area (Å²) in [5.41, 5.74) is -1.35. The lowest BCUT2D eigenvalue weighted by Gasteiger charge is -2.18. The number of unbranched alkanes of at least 4 members (excludes halogenated alkanes) is 1. The van der Waals surface area contributed by atoms with E-state index >= 15 is 0 Å². The van der Waals surface area contributed by atoms with Gasteiger partial charge in [-0.3, -0.25) is 9.59 Å². The molecule has 2 N–H and O–H groups in total. The second-order valence-corrected chi connectivity index (χ2v) is 4.70. The highest BCUT2D eigenvalue weighted by atomic mass is 16.4. The summed E-state index contributed by atoms with van der Waals surface area (Å²) in [6.07, 6.45) is 1.85. The molecule has 0 bridgehead atoms. The molecule has 0 heterocycles. The molecule has 0 aromatic carbocycles. The third-order valence-electron chi connectivity index (χ3n) is 2.42. The Morgan fingerprint density at radius 1 is 1.25 bits per heavy atom. The molecule has 5 heteroatoms. The lowest BCUT2D eigenvalue weighted by molar-refractivity contribution is -0.153. The summed E-state index contributed by atoms with van der Waals surface area (Å²) >= 11 is 0. The van der Waals surface area contributed by atoms with E-state index in [1.165, 1.54) is 13.8 Å². The Labute approximate surface area is 96.8 Å². The zero-order valence-corrected chi connectivity index (χ0v) is 10.5. The molecule has 0 fully saturated rings. The monoisotopic (exact) mass is 230 g/mol. The third kappa shape index (κ3) is 5.11. The van der Waals surface area contributed by atoms with Crippen LogP contribution in [0.1, 0.15) is 26.7 Å². The van der Waals surface area contributed by atoms with Crippen LogP contribution in [0.3, 0.4) is 0 Å². The SMILES string of the molecule is CN(C)CCCCNC(=O)C(C)(C)C(=O)O. The number of hydrogen-bond donors (Lipinski definition) is 2. The molecular weight excluding hydrogens is 208 g/mol. The highest BCUT2D eigenvalue weighted by molar-refractivity contribution is 6.00. The number of hydrogen-bond acceptors (Lipinski definition) is 3. The van der Waals surface area contributed by atoms with E-state index in [9.17, 15) is 9.59 Å². The van der Waals surface area contributed by atoms with E-state index in [1.807, 2.05) is 14.1 Å². The topological polar surface area (TPSA) is 69.6 Å². The first-order valence-corrected chi connectivity index (χ1v) is 5.45. The number of rotatable bonds is 7. The summed E-state index contributed by atoms with van der Waals surface area (Å²) in [7, 11) is 3.98. The van der Waals surface area contributed by atoms with E-state index in [2.05, 4.69) is 10.2 Å². The van der Waals surface area contributed by atoms with E-state index in [-0.39, 0.29) is 0 Å². The highest BCUT2D eigenvalue weighted by Gasteiger charge is 2.35. The molecule has 0 aromatic rings. The summed E-state index contributed by atoms with van der Waals surface area (Å²) in [5, 5.41) is 11.5. The van der Waals surface area contributed by atoms with Gasteiger partial charge in [-0.15, -0.1) is 0 Å². The van der Waals surface area contributed by atoms with Crippen LogP contribution in [-0.4, -0.2) is 49.1 Å². The van der Waals surface area contributed by atoms with Crippen LogP contribution >= 0.6 is 0 Å². The van der Waals surface area contributed by atoms with Crippen LogP contribution in [0.25, 0.3) is 0 Å². The van der Waals surface area contributed by atoms with Crippen molar-refractivity contribution in [2.24, 2.45) is 5.41 Å². The summed E-state index contributed by atoms with van der Waals surface area (Å²) in [5.74, 6) is -1.52. The molecule has 0 aliphatic carbocycles. The van der Waals surface area contributed by atoms with E-state index in [1.54, 1.807) is 0 Å². The summed E-state index contributed by atoms with van der Waals surface area (Å²) in [4.78, 5) is 24.3. The lowest BCUT2D eigenvalue weighted by Crippen LogP contribution is -2.42. The van der Waals surface area contributed by atoms with Crippen LogP contribution < -0.4 is 5.32 Å². The fourth-order valence-electron chi connectivity index (χ4n) is 1.07. The van der Waals surface area contributed by atoms with Crippen LogP contribution in [-0.2, 0) is 9.59 Å². The fraction of sp³-hybridized carbons (Fsp3) is 0.818. The first-order chi connectivity index (χ1) is 7.28. The standard InChI is InChI=1S/C11H22N2O3/c1-11(2,10(15)16)9(14)12-7-5-6-8-13(3)4/h5-8H2,1-4H3,(H,12,14)(H,15,16). The van der Waals surface area contributed by atoms with Crippen molar-refractivity contribution in [3.8, 4) is 0 Å². The zero-order chi connectivity index (χ0) is 12.8. The number of carboxylic acids is 1. The second-order valence-electron chi connectivity index (χ2n) is 4.70. The van der Waals surface area contributed by atoms with Crippen LogP contribution in [0.4, 0.5) is 0 Å². The predicted molar refractivity (Wildman–Crippen MR) is 62.2 cm³/mol. The van der Waals surface area contributed by atoms with E-state index in [4.69, 9.17) is 5.11 Å². The van der Waals surface area contributed by atoms with Gasteiger partial charge in [0.05, 0.1) is 0 Å². The minimum absolute atomic E-state index is 0.426. The van der Waals surface area contributed by atoms with Gasteiger partial charge in [0.15, 0.2) is 0 Å². The Morgan fingerprint density at radius 3 is 2.25 bits per heavy atom. The van der Waals surface area contributed by atoms with Crippen LogP contribution in [0, 0.1) is 5.41 Å². The van der Waals surface area contributed by atoms with Crippen molar-refractivity contribution in [3.05, 3.63) is 0 Å². The van der Waals surface area contributed by atoms with Crippen LogP contribution in [0.15, 0.2) is 0 Å². The number of aliphatic carboxylic acids is 1. The van der Waals surface area contributed by atoms with E-state index in [0.717, 1.165) is 19.4 Å². The maximum atomic E-state index is 11.5. The first kappa shape index (κ1) is 14.9. The van der Waals surface area contributed by atoms with E-state index < -0.39 is 17.3 Å². The van der Waals surface area contributed by atoms with Gasteiger partial charge in [0.25, 0.3) is 0 Å². The van der Waals surface area contributed by atoms with E-state index in [0.29, 0.717) is 6.54 Å². The molecule has 0 unspecified atom stereocenters. The number of carbonyl (C=O) groups excluding carboxylic acids is 1. The van der Waals surface area contributed by atoms with Gasteiger partial charge in [-0.2, -0.15) is 0 Å². The minimum atomic E-state index is -1.35. The largest absolute Gasteiger partial charge is 0.480 e. The average molecular weight is 230 g/mol. The molecule has 0 radical (unpaired) electrons. The van der Waals surface area contributed by atoms with Gasteiger partial charge in [-0.1, -0.05) is 0 Å². The van der Waals surface area contributed by atoms with Gasteiger partial charge < -0.3 is 15.3 Å². The van der Waals surface area contributed by atoms with Crippen molar-refractivity contribution in [2.75, 3.05) is 27.2 Å². The van der Waals surface area contributed by atoms with Crippen molar-refractivity contribution < 1.29 is 14.7 Å². The molecule has 0 spiro atoms. The van der Waals surface area contributed by atoms with Crippen molar-refractivity contribution in [1.29, 1.82) is 0 Å². The second kappa shape index (κ2) is 6.48. The molecule has 0 saturated carbocycles. The molecule has 0 aliphatic rings. The molecule has 0 saturated heterocycles. The van der Waals surface area contributed by atoms with Crippen molar-refractivity contribution in [1.82, 2.24) is 10.2 Å². The fourth-order valence-corrected chi connectivity index (χ4v) is 1.07. The van der Waals surface area contributed by atoms with Crippen molar-refractivity contribution in [2.45, 2.75) is 26.7 Å².